The molecule has 0 bridgehead atoms. The molecule has 1 fully saturated rings. The summed E-state index contributed by atoms with van der Waals surface area (Å²) in [7, 11) is 0. The van der Waals surface area contributed by atoms with Crippen molar-refractivity contribution in [2.75, 3.05) is 39.7 Å². The van der Waals surface area contributed by atoms with Crippen molar-refractivity contribution in [3.8, 4) is 11.5 Å². The van der Waals surface area contributed by atoms with E-state index in [4.69, 9.17) is 14.2 Å². The fourth-order valence-electron chi connectivity index (χ4n) is 2.51. The highest BCUT2D eigenvalue weighted by molar-refractivity contribution is 5.95. The van der Waals surface area contributed by atoms with Gasteiger partial charge in [0.15, 0.2) is 11.5 Å². The molecule has 3 N–H and O–H groups in total. The maximum absolute atomic E-state index is 12.2. The molecule has 1 saturated heterocycles. The predicted molar refractivity (Wildman–Crippen MR) is 91.2 cm³/mol. The summed E-state index contributed by atoms with van der Waals surface area (Å²) in [5, 5.41) is 13.6. The Morgan fingerprint density at radius 2 is 2.00 bits per heavy atom. The van der Waals surface area contributed by atoms with E-state index < -0.39 is 24.5 Å². The monoisotopic (exact) mass is 363 g/mol. The van der Waals surface area contributed by atoms with Crippen molar-refractivity contribution in [1.29, 1.82) is 0 Å². The lowest BCUT2D eigenvalue weighted by Crippen LogP contribution is -2.56. The van der Waals surface area contributed by atoms with Gasteiger partial charge in [0.25, 0.3) is 5.91 Å². The van der Waals surface area contributed by atoms with Crippen LogP contribution in [-0.4, -0.2) is 67.7 Å². The summed E-state index contributed by atoms with van der Waals surface area (Å²) in [6, 6.07) is 4.26. The Morgan fingerprint density at radius 1 is 1.23 bits per heavy atom. The Hall–Kier alpha value is -2.62. The summed E-state index contributed by atoms with van der Waals surface area (Å²) in [5.74, 6) is 0.315. The van der Waals surface area contributed by atoms with Gasteiger partial charge in [0.2, 0.25) is 12.7 Å². The minimum Gasteiger partial charge on any atom is -0.454 e. The molecular weight excluding hydrogens is 342 g/mol. The quantitative estimate of drug-likeness (QED) is 0.572. The van der Waals surface area contributed by atoms with E-state index in [2.05, 4.69) is 10.7 Å². The van der Waals surface area contributed by atoms with E-state index in [0.717, 1.165) is 5.56 Å². The first kappa shape index (κ1) is 18.2. The molecule has 2 aliphatic rings. The van der Waals surface area contributed by atoms with Crippen LogP contribution < -0.4 is 20.2 Å². The second kappa shape index (κ2) is 8.65. The van der Waals surface area contributed by atoms with Gasteiger partial charge in [0.05, 0.1) is 19.8 Å². The lowest BCUT2D eigenvalue weighted by molar-refractivity contribution is -0.133. The molecule has 0 saturated carbocycles. The van der Waals surface area contributed by atoms with Crippen molar-refractivity contribution < 1.29 is 28.9 Å². The van der Waals surface area contributed by atoms with E-state index in [1.807, 2.05) is 0 Å². The number of ether oxygens (including phenoxy) is 3. The van der Waals surface area contributed by atoms with Crippen molar-refractivity contribution in [2.24, 2.45) is 0 Å². The van der Waals surface area contributed by atoms with Gasteiger partial charge in [-0.05, 0) is 23.8 Å². The minimum absolute atomic E-state index is 0.180. The zero-order valence-corrected chi connectivity index (χ0v) is 14.1. The van der Waals surface area contributed by atoms with Crippen molar-refractivity contribution in [2.45, 2.75) is 6.04 Å². The number of hydrogen-bond donors (Lipinski definition) is 3. The maximum atomic E-state index is 12.2. The van der Waals surface area contributed by atoms with Gasteiger partial charge in [0, 0.05) is 19.2 Å². The van der Waals surface area contributed by atoms with Crippen LogP contribution in [0.1, 0.15) is 5.56 Å². The summed E-state index contributed by atoms with van der Waals surface area (Å²) in [6.07, 6.45) is 2.88. The minimum atomic E-state index is -1.04. The van der Waals surface area contributed by atoms with Crippen molar-refractivity contribution >= 4 is 17.9 Å². The van der Waals surface area contributed by atoms with Crippen LogP contribution in [0.5, 0.6) is 11.5 Å². The highest BCUT2D eigenvalue weighted by atomic mass is 16.7. The van der Waals surface area contributed by atoms with Gasteiger partial charge in [-0.3, -0.25) is 15.0 Å². The highest BCUT2D eigenvalue weighted by Gasteiger charge is 2.22. The van der Waals surface area contributed by atoms with E-state index in [1.165, 1.54) is 6.08 Å². The summed E-state index contributed by atoms with van der Waals surface area (Å²) in [6.45, 7) is 1.84. The third-order valence-electron chi connectivity index (χ3n) is 3.92. The zero-order chi connectivity index (χ0) is 18.4. The third-order valence-corrected chi connectivity index (χ3v) is 3.92. The van der Waals surface area contributed by atoms with Crippen LogP contribution in [0.15, 0.2) is 24.3 Å². The summed E-state index contributed by atoms with van der Waals surface area (Å²) >= 11 is 0. The van der Waals surface area contributed by atoms with Crippen molar-refractivity contribution in [3.63, 3.8) is 0 Å². The number of aliphatic hydroxyl groups excluding tert-OH is 1. The average molecular weight is 363 g/mol. The van der Waals surface area contributed by atoms with Crippen LogP contribution in [0.2, 0.25) is 0 Å². The van der Waals surface area contributed by atoms with E-state index in [0.29, 0.717) is 37.8 Å². The van der Waals surface area contributed by atoms with Crippen LogP contribution >= 0.6 is 0 Å². The molecular formula is C17H21N3O6. The molecule has 1 aromatic rings. The molecule has 2 amide bonds. The fraction of sp³-hybridized carbons (Fsp3) is 0.412. The Balaban J connectivity index is 1.52. The number of aliphatic hydroxyl groups is 1. The van der Waals surface area contributed by atoms with Gasteiger partial charge in [-0.25, -0.2) is 5.01 Å². The normalized spacial score (nSPS) is 17.9. The number of morpholine rings is 1. The number of carbonyl (C=O) groups is 2. The van der Waals surface area contributed by atoms with E-state index in [1.54, 1.807) is 29.3 Å². The summed E-state index contributed by atoms with van der Waals surface area (Å²) in [4.78, 5) is 24.2. The first-order valence-corrected chi connectivity index (χ1v) is 8.28. The lowest BCUT2D eigenvalue weighted by atomic mass is 10.2. The molecule has 140 valence electrons. The number of carbonyl (C=O) groups excluding carboxylic acids is 2. The Bertz CT molecular complexity index is 687. The standard InChI is InChI=1S/C17H21N3O6/c21-10-13(17(23)19-20-5-7-24-8-6-20)18-16(22)4-2-12-1-3-14-15(9-12)26-11-25-14/h1-4,9,13,21H,5-8,10-11H2,(H,18,22)(H,19,23). The Morgan fingerprint density at radius 3 is 2.77 bits per heavy atom. The van der Waals surface area contributed by atoms with E-state index >= 15 is 0 Å². The number of nitrogens with zero attached hydrogens (tertiary/aromatic N) is 1. The Kier molecular flexibility index (Phi) is 6.05. The molecule has 1 unspecified atom stereocenters. The van der Waals surface area contributed by atoms with Crippen LogP contribution in [-0.2, 0) is 14.3 Å². The molecule has 2 aliphatic heterocycles. The molecule has 0 aromatic heterocycles. The van der Waals surface area contributed by atoms with Gasteiger partial charge >= 0.3 is 0 Å². The highest BCUT2D eigenvalue weighted by Crippen LogP contribution is 2.32. The number of hydrogen-bond acceptors (Lipinski definition) is 7. The summed E-state index contributed by atoms with van der Waals surface area (Å²) in [5.41, 5.74) is 3.41. The van der Waals surface area contributed by atoms with Gasteiger partial charge in [-0.1, -0.05) is 6.07 Å². The third kappa shape index (κ3) is 4.72. The first-order valence-electron chi connectivity index (χ1n) is 8.28. The Labute approximate surface area is 150 Å². The van der Waals surface area contributed by atoms with Crippen LogP contribution in [0.25, 0.3) is 6.08 Å². The molecule has 9 nitrogen and oxygen atoms in total. The number of hydrazine groups is 1. The molecule has 0 radical (unpaired) electrons. The molecule has 0 aliphatic carbocycles. The van der Waals surface area contributed by atoms with Gasteiger partial charge in [0.1, 0.15) is 6.04 Å². The average Bonchev–Trinajstić information content (AvgIpc) is 3.13. The lowest BCUT2D eigenvalue weighted by Gasteiger charge is -2.28. The molecule has 1 aromatic carbocycles. The number of amides is 2. The molecule has 26 heavy (non-hydrogen) atoms. The summed E-state index contributed by atoms with van der Waals surface area (Å²) < 4.78 is 15.7. The number of nitrogens with one attached hydrogen (secondary N) is 2. The van der Waals surface area contributed by atoms with Crippen molar-refractivity contribution in [3.05, 3.63) is 29.8 Å². The second-order valence-electron chi connectivity index (χ2n) is 5.77. The van der Waals surface area contributed by atoms with Crippen LogP contribution in [0, 0.1) is 0 Å². The van der Waals surface area contributed by atoms with Crippen molar-refractivity contribution in [1.82, 2.24) is 15.8 Å². The van der Waals surface area contributed by atoms with Gasteiger partial charge in [-0.2, -0.15) is 0 Å². The van der Waals surface area contributed by atoms with E-state index in [9.17, 15) is 14.7 Å². The number of fused-ring (bicyclic) bond motifs is 1. The molecule has 0 spiro atoms. The smallest absolute Gasteiger partial charge is 0.259 e. The molecule has 1 atom stereocenters. The van der Waals surface area contributed by atoms with E-state index in [-0.39, 0.29) is 6.79 Å². The second-order valence-corrected chi connectivity index (χ2v) is 5.77. The van der Waals surface area contributed by atoms with Crippen LogP contribution in [0.4, 0.5) is 0 Å². The van der Waals surface area contributed by atoms with Gasteiger partial charge in [-0.15, -0.1) is 0 Å². The fourth-order valence-corrected chi connectivity index (χ4v) is 2.51. The topological polar surface area (TPSA) is 109 Å². The molecule has 3 rings (SSSR count). The number of benzene rings is 1. The molecule has 2 heterocycles. The van der Waals surface area contributed by atoms with Crippen LogP contribution in [0.3, 0.4) is 0 Å². The largest absolute Gasteiger partial charge is 0.454 e. The maximum Gasteiger partial charge on any atom is 0.259 e. The molecule has 9 heteroatoms. The predicted octanol–water partition coefficient (Wildman–Crippen LogP) is -0.731. The SMILES string of the molecule is O=C(C=Cc1ccc2c(c1)OCO2)NC(CO)C(=O)NN1CCOCC1. The number of rotatable bonds is 6. The zero-order valence-electron chi connectivity index (χ0n) is 14.1. The first-order chi connectivity index (χ1) is 12.7. The van der Waals surface area contributed by atoms with Gasteiger partial charge < -0.3 is 24.6 Å².